The van der Waals surface area contributed by atoms with Crippen LogP contribution in [0.2, 0.25) is 0 Å². The molecule has 0 spiro atoms. The van der Waals surface area contributed by atoms with Gasteiger partial charge in [0, 0.05) is 39.5 Å². The van der Waals surface area contributed by atoms with Crippen molar-refractivity contribution in [3.8, 4) is 0 Å². The van der Waals surface area contributed by atoms with E-state index in [1.807, 2.05) is 32.6 Å². The highest BCUT2D eigenvalue weighted by Crippen LogP contribution is 2.20. The molecule has 0 aromatic heterocycles. The zero-order chi connectivity index (χ0) is 19.0. The van der Waals surface area contributed by atoms with Gasteiger partial charge >= 0.3 is 5.97 Å². The van der Waals surface area contributed by atoms with Crippen molar-refractivity contribution in [2.45, 2.75) is 71.8 Å². The Labute approximate surface area is 151 Å². The number of carbonyl (C=O) groups is 3. The summed E-state index contributed by atoms with van der Waals surface area (Å²) < 4.78 is 5.27. The third-order valence-corrected chi connectivity index (χ3v) is 4.26. The van der Waals surface area contributed by atoms with Gasteiger partial charge in [-0.2, -0.15) is 0 Å². The molecule has 0 aromatic carbocycles. The van der Waals surface area contributed by atoms with Gasteiger partial charge < -0.3 is 14.5 Å². The summed E-state index contributed by atoms with van der Waals surface area (Å²) in [7, 11) is 1.77. The second-order valence-electron chi connectivity index (χ2n) is 7.88. The number of likely N-dealkylation sites (tertiary alicyclic amines) is 1. The summed E-state index contributed by atoms with van der Waals surface area (Å²) in [6, 6.07) is 0. The maximum absolute atomic E-state index is 12.6. The highest BCUT2D eigenvalue weighted by molar-refractivity contribution is 5.81. The fraction of sp³-hybridized carbons (Fsp3) is 0.842. The standard InChI is InChI=1S/C19H34N2O4/c1-6-9-16(22)21-13-7-10-15(14-21)18(24)20(5)12-8-11-17(23)25-19(2,3)4/h15H,6-14H2,1-5H3. The monoisotopic (exact) mass is 354 g/mol. The fourth-order valence-electron chi connectivity index (χ4n) is 3.05. The Balaban J connectivity index is 2.40. The molecule has 2 amide bonds. The number of hydrogen-bond donors (Lipinski definition) is 0. The number of rotatable bonds is 7. The van der Waals surface area contributed by atoms with Crippen LogP contribution in [0.15, 0.2) is 0 Å². The molecular formula is C19H34N2O4. The summed E-state index contributed by atoms with van der Waals surface area (Å²) in [4.78, 5) is 39.9. The zero-order valence-electron chi connectivity index (χ0n) is 16.5. The minimum absolute atomic E-state index is 0.0678. The number of ether oxygens (including phenoxy) is 1. The minimum Gasteiger partial charge on any atom is -0.460 e. The van der Waals surface area contributed by atoms with Crippen LogP contribution in [0.4, 0.5) is 0 Å². The van der Waals surface area contributed by atoms with Gasteiger partial charge in [-0.1, -0.05) is 6.92 Å². The Morgan fingerprint density at radius 1 is 1.20 bits per heavy atom. The van der Waals surface area contributed by atoms with Crippen molar-refractivity contribution in [2.24, 2.45) is 5.92 Å². The summed E-state index contributed by atoms with van der Waals surface area (Å²) in [6.45, 7) is 9.32. The maximum atomic E-state index is 12.6. The van der Waals surface area contributed by atoms with Gasteiger partial charge in [-0.05, 0) is 46.5 Å². The van der Waals surface area contributed by atoms with Crippen molar-refractivity contribution in [3.05, 3.63) is 0 Å². The van der Waals surface area contributed by atoms with Crippen molar-refractivity contribution in [2.75, 3.05) is 26.7 Å². The smallest absolute Gasteiger partial charge is 0.306 e. The van der Waals surface area contributed by atoms with Crippen LogP contribution in [0.3, 0.4) is 0 Å². The third-order valence-electron chi connectivity index (χ3n) is 4.26. The van der Waals surface area contributed by atoms with E-state index in [9.17, 15) is 14.4 Å². The molecule has 25 heavy (non-hydrogen) atoms. The lowest BCUT2D eigenvalue weighted by molar-refractivity contribution is -0.155. The number of esters is 1. The predicted molar refractivity (Wildman–Crippen MR) is 96.9 cm³/mol. The summed E-state index contributed by atoms with van der Waals surface area (Å²) in [5, 5.41) is 0. The summed E-state index contributed by atoms with van der Waals surface area (Å²) >= 11 is 0. The molecule has 1 aliphatic rings. The van der Waals surface area contributed by atoms with Crippen molar-refractivity contribution in [1.29, 1.82) is 0 Å². The van der Waals surface area contributed by atoms with Gasteiger partial charge in [0.1, 0.15) is 5.60 Å². The van der Waals surface area contributed by atoms with Crippen LogP contribution in [0, 0.1) is 5.92 Å². The van der Waals surface area contributed by atoms with Crippen LogP contribution in [0.25, 0.3) is 0 Å². The first kappa shape index (κ1) is 21.5. The van der Waals surface area contributed by atoms with E-state index in [-0.39, 0.29) is 23.7 Å². The van der Waals surface area contributed by atoms with E-state index in [0.29, 0.717) is 32.4 Å². The molecule has 0 radical (unpaired) electrons. The van der Waals surface area contributed by atoms with Crippen LogP contribution < -0.4 is 0 Å². The highest BCUT2D eigenvalue weighted by Gasteiger charge is 2.29. The average Bonchev–Trinajstić information content (AvgIpc) is 2.52. The molecule has 1 aliphatic heterocycles. The Kier molecular flexibility index (Phi) is 8.39. The SMILES string of the molecule is CCCC(=O)N1CCCC(C(=O)N(C)CCCC(=O)OC(C)(C)C)C1. The summed E-state index contributed by atoms with van der Waals surface area (Å²) in [5.74, 6) is -0.144. The number of carbonyl (C=O) groups excluding carboxylic acids is 3. The lowest BCUT2D eigenvalue weighted by Gasteiger charge is -2.34. The zero-order valence-corrected chi connectivity index (χ0v) is 16.5. The molecule has 1 fully saturated rings. The quantitative estimate of drug-likeness (QED) is 0.659. The first-order valence-corrected chi connectivity index (χ1v) is 9.38. The largest absolute Gasteiger partial charge is 0.460 e. The Hall–Kier alpha value is -1.59. The van der Waals surface area contributed by atoms with Crippen molar-refractivity contribution in [3.63, 3.8) is 0 Å². The van der Waals surface area contributed by atoms with E-state index in [4.69, 9.17) is 4.74 Å². The van der Waals surface area contributed by atoms with E-state index in [0.717, 1.165) is 25.8 Å². The Bertz CT molecular complexity index is 471. The molecule has 0 aliphatic carbocycles. The number of amides is 2. The first-order chi connectivity index (χ1) is 11.6. The number of hydrogen-bond acceptors (Lipinski definition) is 4. The molecule has 0 aromatic rings. The van der Waals surface area contributed by atoms with Gasteiger partial charge in [-0.15, -0.1) is 0 Å². The summed E-state index contributed by atoms with van der Waals surface area (Å²) in [6.07, 6.45) is 3.97. The van der Waals surface area contributed by atoms with Crippen LogP contribution in [-0.2, 0) is 19.1 Å². The molecular weight excluding hydrogens is 320 g/mol. The summed E-state index contributed by atoms with van der Waals surface area (Å²) in [5.41, 5.74) is -0.477. The number of piperidine rings is 1. The molecule has 1 unspecified atom stereocenters. The lowest BCUT2D eigenvalue weighted by atomic mass is 9.96. The molecule has 144 valence electrons. The van der Waals surface area contributed by atoms with Gasteiger partial charge in [0.15, 0.2) is 0 Å². The molecule has 0 N–H and O–H groups in total. The molecule has 1 atom stereocenters. The minimum atomic E-state index is -0.477. The molecule has 1 saturated heterocycles. The van der Waals surface area contributed by atoms with Gasteiger partial charge in [0.05, 0.1) is 5.92 Å². The molecule has 6 nitrogen and oxygen atoms in total. The molecule has 1 rings (SSSR count). The van der Waals surface area contributed by atoms with Crippen LogP contribution >= 0.6 is 0 Å². The van der Waals surface area contributed by atoms with Gasteiger partial charge in [0.25, 0.3) is 0 Å². The highest BCUT2D eigenvalue weighted by atomic mass is 16.6. The molecule has 6 heteroatoms. The van der Waals surface area contributed by atoms with Crippen molar-refractivity contribution < 1.29 is 19.1 Å². The van der Waals surface area contributed by atoms with E-state index in [2.05, 4.69) is 0 Å². The van der Waals surface area contributed by atoms with Crippen LogP contribution in [-0.4, -0.2) is 59.9 Å². The molecule has 0 bridgehead atoms. The van der Waals surface area contributed by atoms with E-state index in [1.165, 1.54) is 0 Å². The fourth-order valence-corrected chi connectivity index (χ4v) is 3.05. The first-order valence-electron chi connectivity index (χ1n) is 9.38. The maximum Gasteiger partial charge on any atom is 0.306 e. The normalized spacial score (nSPS) is 18.0. The van der Waals surface area contributed by atoms with Crippen LogP contribution in [0.5, 0.6) is 0 Å². The van der Waals surface area contributed by atoms with Crippen LogP contribution in [0.1, 0.15) is 66.2 Å². The van der Waals surface area contributed by atoms with E-state index >= 15 is 0 Å². The number of nitrogens with zero attached hydrogens (tertiary/aromatic N) is 2. The molecule has 1 heterocycles. The average molecular weight is 354 g/mol. The third kappa shape index (κ3) is 7.88. The second kappa shape index (κ2) is 9.78. The van der Waals surface area contributed by atoms with Gasteiger partial charge in [-0.25, -0.2) is 0 Å². The Morgan fingerprint density at radius 2 is 1.88 bits per heavy atom. The van der Waals surface area contributed by atoms with E-state index in [1.54, 1.807) is 11.9 Å². The van der Waals surface area contributed by atoms with Crippen molar-refractivity contribution >= 4 is 17.8 Å². The topological polar surface area (TPSA) is 66.9 Å². The van der Waals surface area contributed by atoms with Gasteiger partial charge in [-0.3, -0.25) is 14.4 Å². The van der Waals surface area contributed by atoms with E-state index < -0.39 is 5.60 Å². The van der Waals surface area contributed by atoms with Crippen molar-refractivity contribution in [1.82, 2.24) is 9.80 Å². The lowest BCUT2D eigenvalue weighted by Crippen LogP contribution is -2.46. The predicted octanol–water partition coefficient (Wildman–Crippen LogP) is 2.61. The molecule has 0 saturated carbocycles. The Morgan fingerprint density at radius 3 is 2.48 bits per heavy atom. The van der Waals surface area contributed by atoms with Gasteiger partial charge in [0.2, 0.25) is 11.8 Å². The second-order valence-corrected chi connectivity index (χ2v) is 7.88.